The van der Waals surface area contributed by atoms with E-state index in [4.69, 9.17) is 5.73 Å². The zero-order chi connectivity index (χ0) is 12.8. The Bertz CT molecular complexity index is 233. The normalized spacial score (nSPS) is 15.6. The minimum atomic E-state index is -4.83. The molecule has 0 saturated carbocycles. The fourth-order valence-electron chi connectivity index (χ4n) is 1.11. The van der Waals surface area contributed by atoms with Crippen molar-refractivity contribution in [3.05, 3.63) is 0 Å². The van der Waals surface area contributed by atoms with Crippen LogP contribution < -0.4 is 5.73 Å². The minimum absolute atomic E-state index is 0.0331. The molecule has 16 heavy (non-hydrogen) atoms. The van der Waals surface area contributed by atoms with Crippen molar-refractivity contribution in [3.63, 3.8) is 0 Å². The van der Waals surface area contributed by atoms with Crippen LogP contribution in [0.5, 0.6) is 0 Å². The van der Waals surface area contributed by atoms with E-state index in [2.05, 4.69) is 9.47 Å². The van der Waals surface area contributed by atoms with Gasteiger partial charge in [0.2, 0.25) is 5.54 Å². The van der Waals surface area contributed by atoms with Gasteiger partial charge in [0.15, 0.2) is 0 Å². The highest BCUT2D eigenvalue weighted by atomic mass is 19.4. The number of alkyl halides is 3. The summed E-state index contributed by atoms with van der Waals surface area (Å²) in [6.45, 7) is 1.39. The van der Waals surface area contributed by atoms with Gasteiger partial charge in [-0.15, -0.1) is 0 Å². The number of ether oxygens (including phenoxy) is 2. The van der Waals surface area contributed by atoms with Crippen molar-refractivity contribution in [3.8, 4) is 0 Å². The number of halogens is 3. The SMILES string of the molecule is CCOC(=O)C(N)(CCCOC)C(F)(F)F. The first-order chi connectivity index (χ1) is 7.29. The monoisotopic (exact) mass is 243 g/mol. The van der Waals surface area contributed by atoms with Crippen LogP contribution in [-0.2, 0) is 14.3 Å². The molecule has 0 bridgehead atoms. The van der Waals surface area contributed by atoms with Gasteiger partial charge >= 0.3 is 12.1 Å². The highest BCUT2D eigenvalue weighted by Crippen LogP contribution is 2.33. The third kappa shape index (κ3) is 3.64. The summed E-state index contributed by atoms with van der Waals surface area (Å²) >= 11 is 0. The molecule has 0 rings (SSSR count). The van der Waals surface area contributed by atoms with E-state index in [-0.39, 0.29) is 19.6 Å². The maximum Gasteiger partial charge on any atom is 0.417 e. The van der Waals surface area contributed by atoms with Crippen molar-refractivity contribution in [1.29, 1.82) is 0 Å². The van der Waals surface area contributed by atoms with Crippen LogP contribution in [0, 0.1) is 0 Å². The molecule has 0 aromatic heterocycles. The molecule has 0 radical (unpaired) electrons. The highest BCUT2D eigenvalue weighted by molar-refractivity contribution is 5.81. The molecular weight excluding hydrogens is 227 g/mol. The van der Waals surface area contributed by atoms with Gasteiger partial charge in [-0.2, -0.15) is 13.2 Å². The topological polar surface area (TPSA) is 61.5 Å². The van der Waals surface area contributed by atoms with Gasteiger partial charge in [-0.3, -0.25) is 0 Å². The number of hydrogen-bond acceptors (Lipinski definition) is 4. The molecule has 0 amide bonds. The van der Waals surface area contributed by atoms with Crippen molar-refractivity contribution in [1.82, 2.24) is 0 Å². The number of nitrogens with two attached hydrogens (primary N) is 1. The number of carbonyl (C=O) groups excluding carboxylic acids is 1. The summed E-state index contributed by atoms with van der Waals surface area (Å²) in [5, 5.41) is 0. The molecule has 2 N–H and O–H groups in total. The Balaban J connectivity index is 4.68. The fraction of sp³-hybridized carbons (Fsp3) is 0.889. The minimum Gasteiger partial charge on any atom is -0.464 e. The van der Waals surface area contributed by atoms with Crippen molar-refractivity contribution >= 4 is 5.97 Å². The van der Waals surface area contributed by atoms with Gasteiger partial charge in [-0.1, -0.05) is 0 Å². The largest absolute Gasteiger partial charge is 0.464 e. The first-order valence-corrected chi connectivity index (χ1v) is 4.81. The van der Waals surface area contributed by atoms with Gasteiger partial charge in [0.25, 0.3) is 0 Å². The number of carbonyl (C=O) groups is 1. The van der Waals surface area contributed by atoms with E-state index in [1.54, 1.807) is 0 Å². The summed E-state index contributed by atoms with van der Waals surface area (Å²) in [6.07, 6.45) is -5.35. The molecule has 0 saturated heterocycles. The number of rotatable bonds is 6. The van der Waals surface area contributed by atoms with Crippen LogP contribution in [0.15, 0.2) is 0 Å². The summed E-state index contributed by atoms with van der Waals surface area (Å²) < 4.78 is 46.9. The smallest absolute Gasteiger partial charge is 0.417 e. The third-order valence-corrected chi connectivity index (χ3v) is 2.07. The Kier molecular flexibility index (Phi) is 5.74. The molecule has 0 aromatic carbocycles. The molecular formula is C9H16F3NO3. The molecule has 0 heterocycles. The van der Waals surface area contributed by atoms with Gasteiger partial charge < -0.3 is 15.2 Å². The second kappa shape index (κ2) is 6.05. The first kappa shape index (κ1) is 15.2. The van der Waals surface area contributed by atoms with E-state index in [0.717, 1.165) is 0 Å². The van der Waals surface area contributed by atoms with Gasteiger partial charge in [0.1, 0.15) is 0 Å². The first-order valence-electron chi connectivity index (χ1n) is 4.81. The quantitative estimate of drug-likeness (QED) is 0.563. The lowest BCUT2D eigenvalue weighted by molar-refractivity contribution is -0.207. The van der Waals surface area contributed by atoms with Crippen molar-refractivity contribution in [2.24, 2.45) is 5.73 Å². The van der Waals surface area contributed by atoms with E-state index in [0.29, 0.717) is 0 Å². The van der Waals surface area contributed by atoms with Crippen LogP contribution in [0.4, 0.5) is 13.2 Å². The second-order valence-electron chi connectivity index (χ2n) is 3.29. The van der Waals surface area contributed by atoms with Crippen molar-refractivity contribution in [2.45, 2.75) is 31.5 Å². The maximum absolute atomic E-state index is 12.6. The zero-order valence-corrected chi connectivity index (χ0v) is 9.26. The van der Waals surface area contributed by atoms with Crippen molar-refractivity contribution in [2.75, 3.05) is 20.3 Å². The molecule has 0 aliphatic carbocycles. The molecule has 4 nitrogen and oxygen atoms in total. The average Bonchev–Trinajstić information content (AvgIpc) is 2.16. The van der Waals surface area contributed by atoms with E-state index in [1.807, 2.05) is 0 Å². The molecule has 1 unspecified atom stereocenters. The molecule has 7 heteroatoms. The molecule has 1 atom stereocenters. The molecule has 0 aliphatic rings. The summed E-state index contributed by atoms with van der Waals surface area (Å²) in [7, 11) is 1.36. The average molecular weight is 243 g/mol. The van der Waals surface area contributed by atoms with Crippen LogP contribution in [0.3, 0.4) is 0 Å². The fourth-order valence-corrected chi connectivity index (χ4v) is 1.11. The molecule has 0 aliphatic heterocycles. The molecule has 0 fully saturated rings. The van der Waals surface area contributed by atoms with Gasteiger partial charge in [-0.25, -0.2) is 4.79 Å². The lowest BCUT2D eigenvalue weighted by Gasteiger charge is -2.29. The maximum atomic E-state index is 12.6. The van der Waals surface area contributed by atoms with Gasteiger partial charge in [0.05, 0.1) is 6.61 Å². The van der Waals surface area contributed by atoms with E-state index in [1.165, 1.54) is 14.0 Å². The summed E-state index contributed by atoms with van der Waals surface area (Å²) in [5.74, 6) is -1.45. The Morgan fingerprint density at radius 3 is 2.31 bits per heavy atom. The van der Waals surface area contributed by atoms with E-state index < -0.39 is 24.1 Å². The zero-order valence-electron chi connectivity index (χ0n) is 9.26. The molecule has 0 aromatic rings. The van der Waals surface area contributed by atoms with Crippen LogP contribution in [-0.4, -0.2) is 38.0 Å². The van der Waals surface area contributed by atoms with Crippen LogP contribution in [0.25, 0.3) is 0 Å². The van der Waals surface area contributed by atoms with E-state index >= 15 is 0 Å². The van der Waals surface area contributed by atoms with Crippen LogP contribution in [0.1, 0.15) is 19.8 Å². The Hall–Kier alpha value is -0.820. The van der Waals surface area contributed by atoms with Crippen LogP contribution >= 0.6 is 0 Å². The lowest BCUT2D eigenvalue weighted by Crippen LogP contribution is -2.60. The number of esters is 1. The van der Waals surface area contributed by atoms with E-state index in [9.17, 15) is 18.0 Å². The number of hydrogen-bond donors (Lipinski definition) is 1. The summed E-state index contributed by atoms with van der Waals surface area (Å²) in [4.78, 5) is 11.2. The predicted octanol–water partition coefficient (Wildman–Crippen LogP) is 1.24. The predicted molar refractivity (Wildman–Crippen MR) is 50.7 cm³/mol. The van der Waals surface area contributed by atoms with Crippen LogP contribution in [0.2, 0.25) is 0 Å². The second-order valence-corrected chi connectivity index (χ2v) is 3.29. The molecule has 0 spiro atoms. The lowest BCUT2D eigenvalue weighted by atomic mass is 9.94. The summed E-state index contributed by atoms with van der Waals surface area (Å²) in [5.41, 5.74) is 2.15. The summed E-state index contributed by atoms with van der Waals surface area (Å²) in [6, 6.07) is 0. The number of methoxy groups -OCH3 is 1. The Morgan fingerprint density at radius 1 is 1.38 bits per heavy atom. The highest BCUT2D eigenvalue weighted by Gasteiger charge is 2.58. The third-order valence-electron chi connectivity index (χ3n) is 2.07. The standard InChI is InChI=1S/C9H16F3NO3/c1-3-16-7(14)8(13,9(10,11)12)5-4-6-15-2/h3-6,13H2,1-2H3. The Labute approximate surface area is 91.9 Å². The van der Waals surface area contributed by atoms with Gasteiger partial charge in [0, 0.05) is 13.7 Å². The Morgan fingerprint density at radius 2 is 1.94 bits per heavy atom. The van der Waals surface area contributed by atoms with Crippen molar-refractivity contribution < 1.29 is 27.4 Å². The van der Waals surface area contributed by atoms with Gasteiger partial charge in [-0.05, 0) is 19.8 Å². The molecule has 96 valence electrons.